The van der Waals surface area contributed by atoms with Gasteiger partial charge in [0.05, 0.1) is 5.75 Å². The van der Waals surface area contributed by atoms with Crippen molar-refractivity contribution >= 4 is 17.7 Å². The Balaban J connectivity index is 1.72. The fraction of sp³-hybridized carbons (Fsp3) is 0.750. The number of carbonyl (C=O) groups excluding carboxylic acids is 1. The molecule has 0 bridgehead atoms. The molecule has 0 aromatic carbocycles. The SMILES string of the molecule is CN(C)CCCn1c2c(c(SCC(=O)N3CCCCC3)nc1=O)CCCC2. The second-order valence-electron chi connectivity index (χ2n) is 7.87. The lowest BCUT2D eigenvalue weighted by molar-refractivity contribution is -0.129. The molecule has 1 aromatic heterocycles. The molecule has 0 unspecified atom stereocenters. The summed E-state index contributed by atoms with van der Waals surface area (Å²) in [6.45, 7) is 3.43. The normalized spacial score (nSPS) is 17.2. The lowest BCUT2D eigenvalue weighted by atomic mass is 9.97. The Morgan fingerprint density at radius 3 is 2.59 bits per heavy atom. The molecule has 1 fully saturated rings. The summed E-state index contributed by atoms with van der Waals surface area (Å²) in [5.74, 6) is 0.574. The number of thioether (sulfide) groups is 1. The van der Waals surface area contributed by atoms with Gasteiger partial charge in [0.2, 0.25) is 5.91 Å². The van der Waals surface area contributed by atoms with E-state index in [-0.39, 0.29) is 11.6 Å². The Hall–Kier alpha value is -1.34. The number of hydrogen-bond donors (Lipinski definition) is 0. The third-order valence-corrected chi connectivity index (χ3v) is 6.48. The molecule has 0 radical (unpaired) electrons. The van der Waals surface area contributed by atoms with Gasteiger partial charge in [-0.3, -0.25) is 9.36 Å². The summed E-state index contributed by atoms with van der Waals surface area (Å²) in [5, 5.41) is 0.795. The summed E-state index contributed by atoms with van der Waals surface area (Å²) in [6.07, 6.45) is 8.55. The Labute approximate surface area is 166 Å². The van der Waals surface area contributed by atoms with Crippen LogP contribution in [0.4, 0.5) is 0 Å². The molecule has 0 spiro atoms. The van der Waals surface area contributed by atoms with Crippen LogP contribution in [0.15, 0.2) is 9.82 Å². The van der Waals surface area contributed by atoms with Crippen LogP contribution in [0.1, 0.15) is 49.8 Å². The van der Waals surface area contributed by atoms with Crippen molar-refractivity contribution in [2.24, 2.45) is 0 Å². The zero-order valence-corrected chi connectivity index (χ0v) is 17.5. The summed E-state index contributed by atoms with van der Waals surface area (Å²) in [5.41, 5.74) is 2.22. The van der Waals surface area contributed by atoms with E-state index < -0.39 is 0 Å². The lowest BCUT2D eigenvalue weighted by Gasteiger charge is -2.27. The first-order valence-electron chi connectivity index (χ1n) is 10.2. The average molecular weight is 393 g/mol. The van der Waals surface area contributed by atoms with Crippen molar-refractivity contribution in [2.75, 3.05) is 39.5 Å². The third kappa shape index (κ3) is 5.35. The molecule has 1 aromatic rings. The van der Waals surface area contributed by atoms with Crippen molar-refractivity contribution in [2.45, 2.75) is 62.9 Å². The van der Waals surface area contributed by atoms with Crippen molar-refractivity contribution in [3.63, 3.8) is 0 Å². The van der Waals surface area contributed by atoms with Gasteiger partial charge in [0.15, 0.2) is 0 Å². The molecule has 3 rings (SSSR count). The minimum atomic E-state index is -0.151. The molecule has 6 nitrogen and oxygen atoms in total. The zero-order chi connectivity index (χ0) is 19.2. The van der Waals surface area contributed by atoms with Crippen molar-refractivity contribution in [1.29, 1.82) is 0 Å². The standard InChI is InChI=1S/C20H32N4O2S/c1-22(2)11-8-14-24-17-10-5-4-9-16(17)19(21-20(24)26)27-15-18(25)23-12-6-3-7-13-23/h3-15H2,1-2H3. The second kappa shape index (κ2) is 9.73. The highest BCUT2D eigenvalue weighted by molar-refractivity contribution is 7.99. The van der Waals surface area contributed by atoms with Crippen molar-refractivity contribution in [1.82, 2.24) is 19.4 Å². The molecule has 1 saturated heterocycles. The Kier molecular flexibility index (Phi) is 7.35. The number of fused-ring (bicyclic) bond motifs is 1. The smallest absolute Gasteiger partial charge is 0.342 e. The van der Waals surface area contributed by atoms with E-state index in [4.69, 9.17) is 0 Å². The predicted molar refractivity (Wildman–Crippen MR) is 109 cm³/mol. The molecular weight excluding hydrogens is 360 g/mol. The fourth-order valence-electron chi connectivity index (χ4n) is 4.01. The number of piperidine rings is 1. The van der Waals surface area contributed by atoms with E-state index in [1.54, 1.807) is 0 Å². The van der Waals surface area contributed by atoms with E-state index in [2.05, 4.69) is 24.0 Å². The van der Waals surface area contributed by atoms with Crippen molar-refractivity contribution < 1.29 is 4.79 Å². The fourth-order valence-corrected chi connectivity index (χ4v) is 4.99. The summed E-state index contributed by atoms with van der Waals surface area (Å²) in [7, 11) is 4.10. The minimum Gasteiger partial charge on any atom is -0.342 e. The quantitative estimate of drug-likeness (QED) is 0.526. The molecular formula is C20H32N4O2S. The first kappa shape index (κ1) is 20.4. The Bertz CT molecular complexity index is 711. The molecule has 0 N–H and O–H groups in total. The maximum absolute atomic E-state index is 12.7. The van der Waals surface area contributed by atoms with Crippen molar-refractivity contribution in [3.05, 3.63) is 21.7 Å². The van der Waals surface area contributed by atoms with Gasteiger partial charge in [-0.25, -0.2) is 4.79 Å². The summed E-state index contributed by atoms with van der Waals surface area (Å²) >= 11 is 1.46. The molecule has 2 aliphatic rings. The van der Waals surface area contributed by atoms with Crippen LogP contribution in [0.2, 0.25) is 0 Å². The van der Waals surface area contributed by atoms with Gasteiger partial charge < -0.3 is 9.80 Å². The number of nitrogens with zero attached hydrogens (tertiary/aromatic N) is 4. The van der Waals surface area contributed by atoms with E-state index >= 15 is 0 Å². The van der Waals surface area contributed by atoms with Gasteiger partial charge in [-0.15, -0.1) is 0 Å². The van der Waals surface area contributed by atoms with Gasteiger partial charge in [0, 0.05) is 30.9 Å². The minimum absolute atomic E-state index is 0.151. The number of amides is 1. The molecule has 0 atom stereocenters. The topological polar surface area (TPSA) is 58.4 Å². The van der Waals surface area contributed by atoms with Gasteiger partial charge in [0.1, 0.15) is 5.03 Å². The highest BCUT2D eigenvalue weighted by Crippen LogP contribution is 2.29. The summed E-state index contributed by atoms with van der Waals surface area (Å²) < 4.78 is 1.88. The number of aromatic nitrogens is 2. The van der Waals surface area contributed by atoms with E-state index in [1.807, 2.05) is 9.47 Å². The largest absolute Gasteiger partial charge is 0.348 e. The van der Waals surface area contributed by atoms with Gasteiger partial charge in [0.25, 0.3) is 0 Å². The van der Waals surface area contributed by atoms with Gasteiger partial charge in [-0.2, -0.15) is 4.98 Å². The number of carbonyl (C=O) groups is 1. The van der Waals surface area contributed by atoms with E-state index in [0.29, 0.717) is 5.75 Å². The average Bonchev–Trinajstić information content (AvgIpc) is 2.68. The van der Waals surface area contributed by atoms with Gasteiger partial charge >= 0.3 is 5.69 Å². The van der Waals surface area contributed by atoms with Crippen LogP contribution in [-0.2, 0) is 24.2 Å². The third-order valence-electron chi connectivity index (χ3n) is 5.48. The number of likely N-dealkylation sites (tertiary alicyclic amines) is 1. The molecule has 150 valence electrons. The van der Waals surface area contributed by atoms with Crippen LogP contribution in [0.3, 0.4) is 0 Å². The maximum atomic E-state index is 12.7. The van der Waals surface area contributed by atoms with E-state index in [9.17, 15) is 9.59 Å². The molecule has 1 aliphatic carbocycles. The number of rotatable bonds is 7. The number of hydrogen-bond acceptors (Lipinski definition) is 5. The maximum Gasteiger partial charge on any atom is 0.348 e. The first-order chi connectivity index (χ1) is 13.1. The highest BCUT2D eigenvalue weighted by Gasteiger charge is 2.22. The van der Waals surface area contributed by atoms with Crippen molar-refractivity contribution in [3.8, 4) is 0 Å². The van der Waals surface area contributed by atoms with E-state index in [1.165, 1.54) is 23.7 Å². The molecule has 27 heavy (non-hydrogen) atoms. The Morgan fingerprint density at radius 1 is 1.11 bits per heavy atom. The van der Waals surface area contributed by atoms with Gasteiger partial charge in [-0.05, 0) is 72.0 Å². The molecule has 7 heteroatoms. The monoisotopic (exact) mass is 392 g/mol. The molecule has 1 amide bonds. The predicted octanol–water partition coefficient (Wildman–Crippen LogP) is 2.18. The molecule has 0 saturated carbocycles. The van der Waals surface area contributed by atoms with Crippen LogP contribution in [0, 0.1) is 0 Å². The summed E-state index contributed by atoms with van der Waals surface area (Å²) in [6, 6.07) is 0. The van der Waals surface area contributed by atoms with Crippen LogP contribution in [0.25, 0.3) is 0 Å². The Morgan fingerprint density at radius 2 is 1.85 bits per heavy atom. The van der Waals surface area contributed by atoms with Gasteiger partial charge in [-0.1, -0.05) is 11.8 Å². The molecule has 1 aliphatic heterocycles. The van der Waals surface area contributed by atoms with E-state index in [0.717, 1.165) is 81.8 Å². The second-order valence-corrected chi connectivity index (χ2v) is 8.83. The van der Waals surface area contributed by atoms with Crippen LogP contribution in [0.5, 0.6) is 0 Å². The van der Waals surface area contributed by atoms with Crippen LogP contribution < -0.4 is 5.69 Å². The molecule has 2 heterocycles. The summed E-state index contributed by atoms with van der Waals surface area (Å²) in [4.78, 5) is 33.6. The first-order valence-corrected chi connectivity index (χ1v) is 11.2. The van der Waals surface area contributed by atoms with Crippen LogP contribution >= 0.6 is 11.8 Å². The lowest BCUT2D eigenvalue weighted by Crippen LogP contribution is -2.37. The van der Waals surface area contributed by atoms with Crippen LogP contribution in [-0.4, -0.2) is 64.7 Å². The zero-order valence-electron chi connectivity index (χ0n) is 16.7. The highest BCUT2D eigenvalue weighted by atomic mass is 32.2.